The van der Waals surface area contributed by atoms with Gasteiger partial charge in [-0.15, -0.1) is 0 Å². The van der Waals surface area contributed by atoms with Crippen LogP contribution in [0.4, 0.5) is 0 Å². The molecule has 4 nitrogen and oxygen atoms in total. The van der Waals surface area contributed by atoms with E-state index in [4.69, 9.17) is 21.1 Å². The van der Waals surface area contributed by atoms with Gasteiger partial charge in [0.05, 0.1) is 19.6 Å². The van der Waals surface area contributed by atoms with E-state index < -0.39 is 11.9 Å². The highest BCUT2D eigenvalue weighted by molar-refractivity contribution is 6.30. The van der Waals surface area contributed by atoms with Crippen molar-refractivity contribution in [3.05, 3.63) is 58.6 Å². The first-order valence-corrected chi connectivity index (χ1v) is 7.71. The Hall–Kier alpha value is -2.20. The van der Waals surface area contributed by atoms with Gasteiger partial charge >= 0.3 is 5.97 Å². The lowest BCUT2D eigenvalue weighted by Crippen LogP contribution is -2.16. The molecule has 1 unspecified atom stereocenters. The molecule has 2 aromatic rings. The Labute approximate surface area is 140 Å². The number of carboxylic acids is 1. The van der Waals surface area contributed by atoms with Gasteiger partial charge in [-0.25, -0.2) is 0 Å². The molecule has 0 aliphatic carbocycles. The molecule has 23 heavy (non-hydrogen) atoms. The summed E-state index contributed by atoms with van der Waals surface area (Å²) in [5, 5.41) is 10.2. The normalized spacial score (nSPS) is 11.8. The quantitative estimate of drug-likeness (QED) is 0.826. The summed E-state index contributed by atoms with van der Waals surface area (Å²) >= 11 is 6.03. The van der Waals surface area contributed by atoms with Crippen LogP contribution in [0.3, 0.4) is 0 Å². The first-order valence-electron chi connectivity index (χ1n) is 7.33. The standard InChI is InChI=1S/C18H19ClO4/c1-3-23-16-7-5-4-6-12(16)10-15(18(20)21)14-11-13(19)8-9-17(14)22-2/h4-9,11,15H,3,10H2,1-2H3,(H,20,21). The predicted molar refractivity (Wildman–Crippen MR) is 89.7 cm³/mol. The second-order valence-corrected chi connectivity index (χ2v) is 5.46. The third-order valence-electron chi connectivity index (χ3n) is 3.56. The van der Waals surface area contributed by atoms with Gasteiger partial charge in [-0.05, 0) is 43.2 Å². The van der Waals surface area contributed by atoms with Crippen molar-refractivity contribution in [2.24, 2.45) is 0 Å². The first kappa shape index (κ1) is 17.2. The number of carbonyl (C=O) groups is 1. The van der Waals surface area contributed by atoms with E-state index in [0.717, 1.165) is 5.56 Å². The number of rotatable bonds is 7. The second-order valence-electron chi connectivity index (χ2n) is 5.02. The van der Waals surface area contributed by atoms with Crippen LogP contribution in [0.1, 0.15) is 24.0 Å². The zero-order chi connectivity index (χ0) is 16.8. The summed E-state index contributed by atoms with van der Waals surface area (Å²) in [5.41, 5.74) is 1.39. The molecule has 5 heteroatoms. The molecule has 1 N–H and O–H groups in total. The Morgan fingerprint density at radius 3 is 2.61 bits per heavy atom. The van der Waals surface area contributed by atoms with Crippen LogP contribution in [-0.2, 0) is 11.2 Å². The molecule has 0 heterocycles. The molecule has 0 spiro atoms. The van der Waals surface area contributed by atoms with E-state index in [9.17, 15) is 9.90 Å². The maximum Gasteiger partial charge on any atom is 0.311 e. The molecular formula is C18H19ClO4. The average Bonchev–Trinajstić information content (AvgIpc) is 2.54. The van der Waals surface area contributed by atoms with Crippen molar-refractivity contribution in [3.8, 4) is 11.5 Å². The monoisotopic (exact) mass is 334 g/mol. The minimum Gasteiger partial charge on any atom is -0.496 e. The Morgan fingerprint density at radius 1 is 1.22 bits per heavy atom. The lowest BCUT2D eigenvalue weighted by Gasteiger charge is -2.18. The van der Waals surface area contributed by atoms with Crippen molar-refractivity contribution in [2.45, 2.75) is 19.3 Å². The fourth-order valence-electron chi connectivity index (χ4n) is 2.50. The highest BCUT2D eigenvalue weighted by Crippen LogP contribution is 2.34. The van der Waals surface area contributed by atoms with Gasteiger partial charge in [0.15, 0.2) is 0 Å². The van der Waals surface area contributed by atoms with Crippen LogP contribution in [-0.4, -0.2) is 24.8 Å². The minimum atomic E-state index is -0.933. The number of methoxy groups -OCH3 is 1. The fraction of sp³-hybridized carbons (Fsp3) is 0.278. The van der Waals surface area contributed by atoms with Gasteiger partial charge in [-0.2, -0.15) is 0 Å². The van der Waals surface area contributed by atoms with Gasteiger partial charge in [0, 0.05) is 10.6 Å². The van der Waals surface area contributed by atoms with Crippen LogP contribution in [0, 0.1) is 0 Å². The molecule has 0 aromatic heterocycles. The molecule has 122 valence electrons. The van der Waals surface area contributed by atoms with Crippen molar-refractivity contribution in [1.29, 1.82) is 0 Å². The van der Waals surface area contributed by atoms with E-state index >= 15 is 0 Å². The molecule has 2 rings (SSSR count). The summed E-state index contributed by atoms with van der Waals surface area (Å²) in [6, 6.07) is 12.4. The van der Waals surface area contributed by atoms with Gasteiger partial charge in [-0.3, -0.25) is 4.79 Å². The Bertz CT molecular complexity index is 684. The number of halogens is 1. The SMILES string of the molecule is CCOc1ccccc1CC(C(=O)O)c1cc(Cl)ccc1OC. The molecule has 0 saturated heterocycles. The molecule has 0 amide bonds. The smallest absolute Gasteiger partial charge is 0.311 e. The molecule has 0 radical (unpaired) electrons. The second kappa shape index (κ2) is 7.88. The third-order valence-corrected chi connectivity index (χ3v) is 3.80. The molecule has 0 bridgehead atoms. The van der Waals surface area contributed by atoms with Gasteiger partial charge in [-0.1, -0.05) is 29.8 Å². The van der Waals surface area contributed by atoms with Crippen molar-refractivity contribution < 1.29 is 19.4 Å². The van der Waals surface area contributed by atoms with Gasteiger partial charge < -0.3 is 14.6 Å². The molecule has 1 atom stereocenters. The zero-order valence-electron chi connectivity index (χ0n) is 13.1. The number of ether oxygens (including phenoxy) is 2. The maximum absolute atomic E-state index is 11.8. The molecular weight excluding hydrogens is 316 g/mol. The van der Waals surface area contributed by atoms with E-state index in [0.29, 0.717) is 35.1 Å². The zero-order valence-corrected chi connectivity index (χ0v) is 13.8. The largest absolute Gasteiger partial charge is 0.496 e. The Kier molecular flexibility index (Phi) is 5.88. The van der Waals surface area contributed by atoms with Crippen molar-refractivity contribution in [3.63, 3.8) is 0 Å². The van der Waals surface area contributed by atoms with Crippen LogP contribution in [0.15, 0.2) is 42.5 Å². The summed E-state index contributed by atoms with van der Waals surface area (Å²) in [4.78, 5) is 11.8. The molecule has 2 aromatic carbocycles. The third kappa shape index (κ3) is 4.17. The van der Waals surface area contributed by atoms with Crippen molar-refractivity contribution in [2.75, 3.05) is 13.7 Å². The Balaban J connectivity index is 2.41. The number of aliphatic carboxylic acids is 1. The molecule has 0 aliphatic heterocycles. The first-order chi connectivity index (χ1) is 11.1. The van der Waals surface area contributed by atoms with E-state index in [1.807, 2.05) is 31.2 Å². The van der Waals surface area contributed by atoms with Crippen LogP contribution >= 0.6 is 11.6 Å². The topological polar surface area (TPSA) is 55.8 Å². The summed E-state index contributed by atoms with van der Waals surface area (Å²) in [6.07, 6.45) is 0.294. The number of hydrogen-bond donors (Lipinski definition) is 1. The fourth-order valence-corrected chi connectivity index (χ4v) is 2.68. The lowest BCUT2D eigenvalue weighted by molar-refractivity contribution is -0.138. The predicted octanol–water partition coefficient (Wildman–Crippen LogP) is 4.16. The Morgan fingerprint density at radius 2 is 1.96 bits per heavy atom. The summed E-state index contributed by atoms with van der Waals surface area (Å²) in [5.74, 6) is -0.500. The summed E-state index contributed by atoms with van der Waals surface area (Å²) in [6.45, 7) is 2.42. The van der Waals surface area contributed by atoms with E-state index in [1.54, 1.807) is 18.2 Å². The number of hydrogen-bond acceptors (Lipinski definition) is 3. The number of benzene rings is 2. The van der Waals surface area contributed by atoms with E-state index in [-0.39, 0.29) is 0 Å². The van der Waals surface area contributed by atoms with Gasteiger partial charge in [0.2, 0.25) is 0 Å². The molecule has 0 saturated carbocycles. The highest BCUT2D eigenvalue weighted by Gasteiger charge is 2.25. The van der Waals surface area contributed by atoms with Gasteiger partial charge in [0.25, 0.3) is 0 Å². The average molecular weight is 335 g/mol. The van der Waals surface area contributed by atoms with Crippen LogP contribution in [0.2, 0.25) is 5.02 Å². The number of para-hydroxylation sites is 1. The van der Waals surface area contributed by atoms with Crippen LogP contribution < -0.4 is 9.47 Å². The lowest BCUT2D eigenvalue weighted by atomic mass is 9.91. The summed E-state index contributed by atoms with van der Waals surface area (Å²) in [7, 11) is 1.51. The van der Waals surface area contributed by atoms with E-state index in [1.165, 1.54) is 7.11 Å². The molecule has 0 aliphatic rings. The minimum absolute atomic E-state index is 0.294. The van der Waals surface area contributed by atoms with E-state index in [2.05, 4.69) is 0 Å². The van der Waals surface area contributed by atoms with Crippen molar-refractivity contribution in [1.82, 2.24) is 0 Å². The van der Waals surface area contributed by atoms with Crippen molar-refractivity contribution >= 4 is 17.6 Å². The number of carboxylic acid groups (broad SMARTS) is 1. The van der Waals surface area contributed by atoms with Gasteiger partial charge in [0.1, 0.15) is 11.5 Å². The highest BCUT2D eigenvalue weighted by atomic mass is 35.5. The summed E-state index contributed by atoms with van der Waals surface area (Å²) < 4.78 is 10.9. The van der Waals surface area contributed by atoms with Crippen LogP contribution in [0.25, 0.3) is 0 Å². The molecule has 0 fully saturated rings. The maximum atomic E-state index is 11.8. The van der Waals surface area contributed by atoms with Crippen LogP contribution in [0.5, 0.6) is 11.5 Å².